The van der Waals surface area contributed by atoms with E-state index in [1.54, 1.807) is 35.6 Å². The summed E-state index contributed by atoms with van der Waals surface area (Å²) in [6, 6.07) is 6.84. The van der Waals surface area contributed by atoms with E-state index in [0.717, 1.165) is 10.7 Å². The highest BCUT2D eigenvalue weighted by Crippen LogP contribution is 2.18. The van der Waals surface area contributed by atoms with Crippen LogP contribution in [-0.2, 0) is 11.2 Å². The molecule has 0 saturated carbocycles. The fraction of sp³-hybridized carbons (Fsp3) is 0.333. The smallest absolute Gasteiger partial charge is 0.222 e. The number of amides is 1. The number of halogens is 1. The maximum Gasteiger partial charge on any atom is 0.222 e. The molecule has 1 unspecified atom stereocenters. The van der Waals surface area contributed by atoms with Crippen LogP contribution in [0.1, 0.15) is 28.8 Å². The van der Waals surface area contributed by atoms with E-state index in [1.807, 2.05) is 12.3 Å². The Bertz CT molecular complexity index is 598. The molecule has 0 aliphatic carbocycles. The van der Waals surface area contributed by atoms with E-state index in [4.69, 9.17) is 11.6 Å². The largest absolute Gasteiger partial charge is 0.388 e. The molecule has 0 radical (unpaired) electrons. The molecular formula is C15H17ClN2O2S. The Kier molecular flexibility index (Phi) is 5.73. The van der Waals surface area contributed by atoms with Gasteiger partial charge in [-0.15, -0.1) is 11.3 Å². The molecule has 0 fully saturated rings. The fourth-order valence-corrected chi connectivity index (χ4v) is 2.68. The Morgan fingerprint density at radius 2 is 2.14 bits per heavy atom. The number of aliphatic hydroxyl groups excluding tert-OH is 1. The molecule has 1 heterocycles. The third-order valence-corrected chi connectivity index (χ3v) is 4.08. The summed E-state index contributed by atoms with van der Waals surface area (Å²) in [6.45, 7) is 2.48. The lowest BCUT2D eigenvalue weighted by Crippen LogP contribution is -2.27. The van der Waals surface area contributed by atoms with Crippen LogP contribution in [0.5, 0.6) is 0 Å². The average Bonchev–Trinajstić information content (AvgIpc) is 2.85. The predicted octanol–water partition coefficient (Wildman–Crippen LogP) is 2.89. The number of hydrogen-bond acceptors (Lipinski definition) is 4. The normalized spacial score (nSPS) is 12.1. The zero-order valence-electron chi connectivity index (χ0n) is 11.7. The molecule has 0 aliphatic rings. The number of aliphatic hydroxyl groups is 1. The van der Waals surface area contributed by atoms with Crippen LogP contribution in [0.4, 0.5) is 0 Å². The second-order valence-electron chi connectivity index (χ2n) is 4.73. The number of aromatic nitrogens is 1. The van der Waals surface area contributed by atoms with Crippen molar-refractivity contribution in [1.82, 2.24) is 10.3 Å². The number of thiazole rings is 1. The van der Waals surface area contributed by atoms with E-state index in [2.05, 4.69) is 10.3 Å². The van der Waals surface area contributed by atoms with Crippen LogP contribution in [0.3, 0.4) is 0 Å². The molecule has 0 bridgehead atoms. The first-order valence-corrected chi connectivity index (χ1v) is 7.91. The number of hydrogen-bond donors (Lipinski definition) is 2. The van der Waals surface area contributed by atoms with Crippen LogP contribution in [0, 0.1) is 6.92 Å². The van der Waals surface area contributed by atoms with Gasteiger partial charge in [0.1, 0.15) is 0 Å². The molecule has 0 saturated heterocycles. The molecule has 2 N–H and O–H groups in total. The van der Waals surface area contributed by atoms with E-state index in [1.165, 1.54) is 0 Å². The number of nitrogens with zero attached hydrogens (tertiary/aromatic N) is 1. The lowest BCUT2D eigenvalue weighted by Gasteiger charge is -2.11. The summed E-state index contributed by atoms with van der Waals surface area (Å²) < 4.78 is 0. The van der Waals surface area contributed by atoms with Crippen molar-refractivity contribution in [2.75, 3.05) is 6.54 Å². The van der Waals surface area contributed by atoms with Crippen molar-refractivity contribution in [3.8, 4) is 0 Å². The molecular weight excluding hydrogens is 308 g/mol. The highest BCUT2D eigenvalue weighted by Gasteiger charge is 2.12. The zero-order valence-corrected chi connectivity index (χ0v) is 13.2. The van der Waals surface area contributed by atoms with Crippen molar-refractivity contribution in [1.29, 1.82) is 0 Å². The van der Waals surface area contributed by atoms with E-state index >= 15 is 0 Å². The van der Waals surface area contributed by atoms with Gasteiger partial charge in [-0.25, -0.2) is 4.98 Å². The summed E-state index contributed by atoms with van der Waals surface area (Å²) in [5.74, 6) is -0.176. The molecule has 6 heteroatoms. The molecule has 21 heavy (non-hydrogen) atoms. The van der Waals surface area contributed by atoms with Crippen LogP contribution < -0.4 is 5.32 Å². The maximum absolute atomic E-state index is 11.8. The number of aryl methyl sites for hydroxylation is 1. The molecule has 1 aromatic carbocycles. The van der Waals surface area contributed by atoms with Gasteiger partial charge in [0.2, 0.25) is 5.91 Å². The van der Waals surface area contributed by atoms with Gasteiger partial charge in [0.05, 0.1) is 23.2 Å². The van der Waals surface area contributed by atoms with Crippen LogP contribution in [-0.4, -0.2) is 22.5 Å². The summed E-state index contributed by atoms with van der Waals surface area (Å²) in [5.41, 5.74) is 1.67. The monoisotopic (exact) mass is 324 g/mol. The Hall–Kier alpha value is -1.43. The lowest BCUT2D eigenvalue weighted by atomic mass is 10.1. The molecule has 1 atom stereocenters. The minimum atomic E-state index is -0.816. The quantitative estimate of drug-likeness (QED) is 0.859. The highest BCUT2D eigenvalue weighted by molar-refractivity contribution is 7.09. The van der Waals surface area contributed by atoms with Gasteiger partial charge in [-0.05, 0) is 24.6 Å². The SMILES string of the molecule is Cc1nc(CCNC(=O)CC(O)c2ccc(Cl)cc2)cs1. The second kappa shape index (κ2) is 7.54. The van der Waals surface area contributed by atoms with Crippen molar-refractivity contribution >= 4 is 28.8 Å². The van der Waals surface area contributed by atoms with E-state index < -0.39 is 6.10 Å². The third-order valence-electron chi connectivity index (χ3n) is 3.00. The zero-order chi connectivity index (χ0) is 15.2. The third kappa shape index (κ3) is 5.12. The van der Waals surface area contributed by atoms with Gasteiger partial charge < -0.3 is 10.4 Å². The van der Waals surface area contributed by atoms with Crippen LogP contribution in [0.25, 0.3) is 0 Å². The first kappa shape index (κ1) is 15.9. The standard InChI is InChI=1S/C15H17ClN2O2S/c1-10-18-13(9-21-10)6-7-17-15(20)8-14(19)11-2-4-12(16)5-3-11/h2-5,9,14,19H,6-8H2,1H3,(H,17,20). The number of carbonyl (C=O) groups is 1. The summed E-state index contributed by atoms with van der Waals surface area (Å²) >= 11 is 7.38. The minimum Gasteiger partial charge on any atom is -0.388 e. The molecule has 112 valence electrons. The number of nitrogens with one attached hydrogen (secondary N) is 1. The van der Waals surface area contributed by atoms with Gasteiger partial charge in [0, 0.05) is 23.4 Å². The van der Waals surface area contributed by atoms with Crippen LogP contribution in [0.15, 0.2) is 29.6 Å². The van der Waals surface area contributed by atoms with Gasteiger partial charge in [0.25, 0.3) is 0 Å². The molecule has 2 rings (SSSR count). The van der Waals surface area contributed by atoms with E-state index in [0.29, 0.717) is 23.6 Å². The van der Waals surface area contributed by atoms with E-state index in [-0.39, 0.29) is 12.3 Å². The minimum absolute atomic E-state index is 0.0394. The summed E-state index contributed by atoms with van der Waals surface area (Å²) in [7, 11) is 0. The van der Waals surface area contributed by atoms with Crippen molar-refractivity contribution in [2.45, 2.75) is 25.9 Å². The van der Waals surface area contributed by atoms with E-state index in [9.17, 15) is 9.90 Å². The molecule has 4 nitrogen and oxygen atoms in total. The van der Waals surface area contributed by atoms with Crippen LogP contribution in [0.2, 0.25) is 5.02 Å². The molecule has 1 aromatic heterocycles. The summed E-state index contributed by atoms with van der Waals surface area (Å²) in [5, 5.41) is 16.4. The molecule has 0 aliphatic heterocycles. The first-order valence-electron chi connectivity index (χ1n) is 6.66. The Morgan fingerprint density at radius 1 is 1.43 bits per heavy atom. The predicted molar refractivity (Wildman–Crippen MR) is 84.6 cm³/mol. The van der Waals surface area contributed by atoms with Gasteiger partial charge in [0.15, 0.2) is 0 Å². The van der Waals surface area contributed by atoms with Crippen molar-refractivity contribution in [3.63, 3.8) is 0 Å². The second-order valence-corrected chi connectivity index (χ2v) is 6.23. The lowest BCUT2D eigenvalue weighted by molar-refractivity contribution is -0.123. The number of carbonyl (C=O) groups excluding carboxylic acids is 1. The number of benzene rings is 1. The topological polar surface area (TPSA) is 62.2 Å². The maximum atomic E-state index is 11.8. The highest BCUT2D eigenvalue weighted by atomic mass is 35.5. The van der Waals surface area contributed by atoms with Crippen LogP contribution >= 0.6 is 22.9 Å². The number of rotatable bonds is 6. The van der Waals surface area contributed by atoms with Crippen molar-refractivity contribution in [3.05, 3.63) is 50.9 Å². The molecule has 2 aromatic rings. The van der Waals surface area contributed by atoms with Gasteiger partial charge in [-0.1, -0.05) is 23.7 Å². The Labute approximate surface area is 132 Å². The van der Waals surface area contributed by atoms with Gasteiger partial charge >= 0.3 is 0 Å². The average molecular weight is 325 g/mol. The Balaban J connectivity index is 1.75. The van der Waals surface area contributed by atoms with Gasteiger partial charge in [-0.3, -0.25) is 4.79 Å². The van der Waals surface area contributed by atoms with Crippen molar-refractivity contribution < 1.29 is 9.90 Å². The van der Waals surface area contributed by atoms with Gasteiger partial charge in [-0.2, -0.15) is 0 Å². The molecule has 1 amide bonds. The van der Waals surface area contributed by atoms with Crippen molar-refractivity contribution in [2.24, 2.45) is 0 Å². The first-order chi connectivity index (χ1) is 10.0. The fourth-order valence-electron chi connectivity index (χ4n) is 1.90. The summed E-state index contributed by atoms with van der Waals surface area (Å²) in [6.07, 6.45) is -0.0750. The molecule has 0 spiro atoms. The summed E-state index contributed by atoms with van der Waals surface area (Å²) in [4.78, 5) is 16.1. The Morgan fingerprint density at radius 3 is 2.76 bits per heavy atom.